The Bertz CT molecular complexity index is 794. The number of para-hydroxylation sites is 1. The highest BCUT2D eigenvalue weighted by Crippen LogP contribution is 2.12. The molecule has 0 fully saturated rings. The standard InChI is InChI=1S/C17H18ClNO5S/c1-13-7-9-16(10-8-13)25(21,22)19-17(20)24-15(11-18)12-23-14-5-3-2-4-6-14/h2-10,15H,11-12H2,1H3,(H,19,20). The molecule has 0 aliphatic carbocycles. The van der Waals surface area contributed by atoms with Gasteiger partial charge in [-0.2, -0.15) is 0 Å². The zero-order valence-electron chi connectivity index (χ0n) is 13.5. The summed E-state index contributed by atoms with van der Waals surface area (Å²) >= 11 is 5.75. The van der Waals surface area contributed by atoms with E-state index in [-0.39, 0.29) is 17.4 Å². The van der Waals surface area contributed by atoms with Crippen LogP contribution in [-0.2, 0) is 14.8 Å². The van der Waals surface area contributed by atoms with Gasteiger partial charge in [0.2, 0.25) is 0 Å². The smallest absolute Gasteiger partial charge is 0.421 e. The summed E-state index contributed by atoms with van der Waals surface area (Å²) in [5, 5.41) is 0. The van der Waals surface area contributed by atoms with Crippen LogP contribution in [0.1, 0.15) is 5.56 Å². The molecule has 1 atom stereocenters. The number of carbonyl (C=O) groups is 1. The molecule has 6 nitrogen and oxygen atoms in total. The van der Waals surface area contributed by atoms with Crippen molar-refractivity contribution in [3.05, 3.63) is 60.2 Å². The molecule has 2 aromatic rings. The van der Waals surface area contributed by atoms with Gasteiger partial charge < -0.3 is 9.47 Å². The number of ether oxygens (including phenoxy) is 2. The maximum absolute atomic E-state index is 12.1. The van der Waals surface area contributed by atoms with Gasteiger partial charge in [0, 0.05) is 0 Å². The number of benzene rings is 2. The summed E-state index contributed by atoms with van der Waals surface area (Å²) in [7, 11) is -4.01. The van der Waals surface area contributed by atoms with Gasteiger partial charge in [0.05, 0.1) is 10.8 Å². The molecule has 0 saturated heterocycles. The van der Waals surface area contributed by atoms with E-state index < -0.39 is 22.2 Å². The van der Waals surface area contributed by atoms with Crippen LogP contribution in [0.15, 0.2) is 59.5 Å². The number of nitrogens with one attached hydrogen (secondary N) is 1. The SMILES string of the molecule is Cc1ccc(S(=O)(=O)NC(=O)OC(CCl)COc2ccccc2)cc1. The topological polar surface area (TPSA) is 81.7 Å². The van der Waals surface area contributed by atoms with Crippen molar-refractivity contribution in [2.75, 3.05) is 12.5 Å². The molecular formula is C17H18ClNO5S. The average Bonchev–Trinajstić information content (AvgIpc) is 2.59. The molecule has 2 rings (SSSR count). The fourth-order valence-electron chi connectivity index (χ4n) is 1.88. The fourth-order valence-corrected chi connectivity index (χ4v) is 2.91. The molecule has 1 unspecified atom stereocenters. The van der Waals surface area contributed by atoms with E-state index in [4.69, 9.17) is 21.1 Å². The molecule has 2 aromatic carbocycles. The molecule has 0 aromatic heterocycles. The summed E-state index contributed by atoms with van der Waals surface area (Å²) in [5.74, 6) is 0.555. The van der Waals surface area contributed by atoms with Crippen LogP contribution >= 0.6 is 11.6 Å². The van der Waals surface area contributed by atoms with Crippen molar-refractivity contribution in [1.82, 2.24) is 4.72 Å². The van der Waals surface area contributed by atoms with Gasteiger partial charge in [-0.15, -0.1) is 11.6 Å². The van der Waals surface area contributed by atoms with Crippen LogP contribution in [0, 0.1) is 6.92 Å². The molecule has 0 aliphatic heterocycles. The van der Waals surface area contributed by atoms with Crippen LogP contribution in [-0.4, -0.2) is 33.1 Å². The molecule has 0 aliphatic rings. The van der Waals surface area contributed by atoms with E-state index in [1.165, 1.54) is 12.1 Å². The Hall–Kier alpha value is -2.25. The van der Waals surface area contributed by atoms with E-state index in [2.05, 4.69) is 0 Å². The van der Waals surface area contributed by atoms with Gasteiger partial charge >= 0.3 is 6.09 Å². The minimum Gasteiger partial charge on any atom is -0.490 e. The van der Waals surface area contributed by atoms with E-state index in [9.17, 15) is 13.2 Å². The molecule has 134 valence electrons. The molecule has 0 spiro atoms. The van der Waals surface area contributed by atoms with E-state index in [0.717, 1.165) is 5.56 Å². The summed E-state index contributed by atoms with van der Waals surface area (Å²) in [5.41, 5.74) is 0.904. The molecule has 25 heavy (non-hydrogen) atoms. The molecule has 0 bridgehead atoms. The van der Waals surface area contributed by atoms with Gasteiger partial charge in [-0.05, 0) is 31.2 Å². The second-order valence-electron chi connectivity index (χ2n) is 5.22. The highest BCUT2D eigenvalue weighted by atomic mass is 35.5. The average molecular weight is 384 g/mol. The first-order valence-electron chi connectivity index (χ1n) is 7.44. The first kappa shape index (κ1) is 19.1. The van der Waals surface area contributed by atoms with E-state index in [1.807, 2.05) is 17.7 Å². The fraction of sp³-hybridized carbons (Fsp3) is 0.235. The Labute approximate surface area is 151 Å². The Kier molecular flexibility index (Phi) is 6.66. The molecule has 0 radical (unpaired) electrons. The van der Waals surface area contributed by atoms with Gasteiger partial charge in [0.1, 0.15) is 12.4 Å². The van der Waals surface area contributed by atoms with Crippen molar-refractivity contribution in [2.24, 2.45) is 0 Å². The van der Waals surface area contributed by atoms with Gasteiger partial charge in [0.25, 0.3) is 10.0 Å². The number of sulfonamides is 1. The third kappa shape index (κ3) is 5.95. The summed E-state index contributed by atoms with van der Waals surface area (Å²) in [6.45, 7) is 1.83. The van der Waals surface area contributed by atoms with Crippen LogP contribution in [0.2, 0.25) is 0 Å². The Morgan fingerprint density at radius 1 is 1.12 bits per heavy atom. The molecule has 8 heteroatoms. The summed E-state index contributed by atoms with van der Waals surface area (Å²) in [6, 6.07) is 15.0. The minimum absolute atomic E-state index is 0.00547. The second-order valence-corrected chi connectivity index (χ2v) is 7.22. The monoisotopic (exact) mass is 383 g/mol. The van der Waals surface area contributed by atoms with Crippen molar-refractivity contribution in [1.29, 1.82) is 0 Å². The number of rotatable bonds is 7. The number of halogens is 1. The zero-order valence-corrected chi connectivity index (χ0v) is 15.1. The maximum Gasteiger partial charge on any atom is 0.421 e. The van der Waals surface area contributed by atoms with E-state index in [1.54, 1.807) is 36.4 Å². The molecule has 1 amide bonds. The lowest BCUT2D eigenvalue weighted by atomic mass is 10.2. The predicted octanol–water partition coefficient (Wildman–Crippen LogP) is 3.10. The molecule has 0 heterocycles. The first-order chi connectivity index (χ1) is 11.9. The molecule has 0 saturated carbocycles. The van der Waals surface area contributed by atoms with Gasteiger partial charge in [0.15, 0.2) is 6.10 Å². The van der Waals surface area contributed by atoms with Crippen LogP contribution in [0.3, 0.4) is 0 Å². The highest BCUT2D eigenvalue weighted by Gasteiger charge is 2.21. The van der Waals surface area contributed by atoms with Crippen molar-refractivity contribution in [3.8, 4) is 5.75 Å². The first-order valence-corrected chi connectivity index (χ1v) is 9.46. The lowest BCUT2D eigenvalue weighted by Crippen LogP contribution is -2.36. The molecular weight excluding hydrogens is 366 g/mol. The van der Waals surface area contributed by atoms with Crippen molar-refractivity contribution >= 4 is 27.7 Å². The van der Waals surface area contributed by atoms with Gasteiger partial charge in [-0.1, -0.05) is 35.9 Å². The zero-order chi connectivity index (χ0) is 18.3. The Balaban J connectivity index is 1.91. The maximum atomic E-state index is 12.1. The summed E-state index contributed by atoms with van der Waals surface area (Å²) < 4.78 is 36.6. The van der Waals surface area contributed by atoms with E-state index >= 15 is 0 Å². The third-order valence-electron chi connectivity index (χ3n) is 3.17. The summed E-state index contributed by atoms with van der Waals surface area (Å²) in [4.78, 5) is 11.8. The summed E-state index contributed by atoms with van der Waals surface area (Å²) in [6.07, 6.45) is -1.90. The van der Waals surface area contributed by atoms with Crippen LogP contribution < -0.4 is 9.46 Å². The van der Waals surface area contributed by atoms with E-state index in [0.29, 0.717) is 5.75 Å². The number of carbonyl (C=O) groups excluding carboxylic acids is 1. The van der Waals surface area contributed by atoms with Crippen LogP contribution in [0.25, 0.3) is 0 Å². The second kappa shape index (κ2) is 8.73. The lowest BCUT2D eigenvalue weighted by molar-refractivity contribution is 0.0813. The van der Waals surface area contributed by atoms with Crippen molar-refractivity contribution < 1.29 is 22.7 Å². The number of hydrogen-bond acceptors (Lipinski definition) is 5. The number of aryl methyl sites for hydroxylation is 1. The minimum atomic E-state index is -4.01. The molecule has 1 N–H and O–H groups in total. The van der Waals surface area contributed by atoms with Crippen LogP contribution in [0.4, 0.5) is 4.79 Å². The van der Waals surface area contributed by atoms with Crippen molar-refractivity contribution in [3.63, 3.8) is 0 Å². The predicted molar refractivity (Wildman–Crippen MR) is 94.4 cm³/mol. The number of alkyl halides is 1. The highest BCUT2D eigenvalue weighted by molar-refractivity contribution is 7.90. The number of hydrogen-bond donors (Lipinski definition) is 1. The third-order valence-corrected chi connectivity index (χ3v) is 4.85. The Morgan fingerprint density at radius 2 is 1.76 bits per heavy atom. The number of amides is 1. The normalized spacial score (nSPS) is 12.2. The Morgan fingerprint density at radius 3 is 2.36 bits per heavy atom. The largest absolute Gasteiger partial charge is 0.490 e. The van der Waals surface area contributed by atoms with Crippen LogP contribution in [0.5, 0.6) is 5.75 Å². The van der Waals surface area contributed by atoms with Gasteiger partial charge in [-0.3, -0.25) is 0 Å². The quantitative estimate of drug-likeness (QED) is 0.743. The lowest BCUT2D eigenvalue weighted by Gasteiger charge is -2.16. The van der Waals surface area contributed by atoms with Crippen molar-refractivity contribution in [2.45, 2.75) is 17.9 Å². The van der Waals surface area contributed by atoms with Gasteiger partial charge in [-0.25, -0.2) is 17.9 Å².